The number of para-hydroxylation sites is 2. The van der Waals surface area contributed by atoms with Gasteiger partial charge >= 0.3 is 0 Å². The summed E-state index contributed by atoms with van der Waals surface area (Å²) in [5.74, 6) is 6.39. The monoisotopic (exact) mass is 316 g/mol. The summed E-state index contributed by atoms with van der Waals surface area (Å²) in [5, 5.41) is 3.76. The van der Waals surface area contributed by atoms with Crippen molar-refractivity contribution in [3.63, 3.8) is 0 Å². The van der Waals surface area contributed by atoms with Crippen molar-refractivity contribution in [1.29, 1.82) is 0 Å². The van der Waals surface area contributed by atoms with E-state index >= 15 is 0 Å². The van der Waals surface area contributed by atoms with Crippen molar-refractivity contribution < 1.29 is 9.53 Å². The predicted octanol–water partition coefficient (Wildman–Crippen LogP) is 3.02. The van der Waals surface area contributed by atoms with Crippen LogP contribution in [0.25, 0.3) is 10.9 Å². The van der Waals surface area contributed by atoms with Crippen LogP contribution < -0.4 is 10.1 Å². The molecular formula is C20H16N2O2. The number of ether oxygens (including phenoxy) is 1. The molecule has 4 nitrogen and oxygen atoms in total. The normalized spacial score (nSPS) is 9.88. The fourth-order valence-electron chi connectivity index (χ4n) is 2.29. The van der Waals surface area contributed by atoms with Gasteiger partial charge in [-0.25, -0.2) is 4.98 Å². The Morgan fingerprint density at radius 2 is 1.88 bits per heavy atom. The second-order valence-electron chi connectivity index (χ2n) is 5.07. The summed E-state index contributed by atoms with van der Waals surface area (Å²) in [6.45, 7) is 0.241. The van der Waals surface area contributed by atoms with E-state index in [-0.39, 0.29) is 12.5 Å². The number of rotatable bonds is 3. The molecule has 1 amide bonds. The van der Waals surface area contributed by atoms with Gasteiger partial charge in [0.25, 0.3) is 5.91 Å². The van der Waals surface area contributed by atoms with Crippen molar-refractivity contribution >= 4 is 16.8 Å². The Balaban J connectivity index is 1.66. The highest BCUT2D eigenvalue weighted by Gasteiger charge is 2.06. The van der Waals surface area contributed by atoms with Gasteiger partial charge in [0, 0.05) is 5.39 Å². The summed E-state index contributed by atoms with van der Waals surface area (Å²) < 4.78 is 5.23. The summed E-state index contributed by atoms with van der Waals surface area (Å²) in [6.07, 6.45) is 0. The molecule has 0 radical (unpaired) electrons. The fourth-order valence-corrected chi connectivity index (χ4v) is 2.29. The maximum atomic E-state index is 12.2. The van der Waals surface area contributed by atoms with E-state index in [1.807, 2.05) is 54.6 Å². The lowest BCUT2D eigenvalue weighted by Crippen LogP contribution is -2.24. The van der Waals surface area contributed by atoms with Crippen molar-refractivity contribution in [1.82, 2.24) is 10.3 Å². The van der Waals surface area contributed by atoms with E-state index in [9.17, 15) is 4.79 Å². The van der Waals surface area contributed by atoms with E-state index in [0.29, 0.717) is 11.4 Å². The van der Waals surface area contributed by atoms with Crippen LogP contribution in [0, 0.1) is 11.8 Å². The third-order valence-electron chi connectivity index (χ3n) is 3.50. The molecule has 3 rings (SSSR count). The molecule has 0 aliphatic heterocycles. The molecule has 0 atom stereocenters. The second kappa shape index (κ2) is 7.30. The lowest BCUT2D eigenvalue weighted by Gasteiger charge is -2.03. The molecule has 0 saturated heterocycles. The number of methoxy groups -OCH3 is 1. The van der Waals surface area contributed by atoms with E-state index in [1.165, 1.54) is 0 Å². The Bertz CT molecular complexity index is 939. The summed E-state index contributed by atoms with van der Waals surface area (Å²) in [5.41, 5.74) is 1.97. The molecule has 1 aromatic heterocycles. The first-order chi connectivity index (χ1) is 11.8. The molecule has 24 heavy (non-hydrogen) atoms. The third-order valence-corrected chi connectivity index (χ3v) is 3.50. The summed E-state index contributed by atoms with van der Waals surface area (Å²) in [4.78, 5) is 16.5. The van der Waals surface area contributed by atoms with Gasteiger partial charge in [0.05, 0.1) is 24.7 Å². The minimum atomic E-state index is -0.241. The number of carbonyl (C=O) groups is 1. The summed E-state index contributed by atoms with van der Waals surface area (Å²) >= 11 is 0. The molecule has 0 saturated carbocycles. The van der Waals surface area contributed by atoms with Gasteiger partial charge in [0.1, 0.15) is 11.4 Å². The van der Waals surface area contributed by atoms with Crippen molar-refractivity contribution in [2.45, 2.75) is 0 Å². The van der Waals surface area contributed by atoms with E-state index in [2.05, 4.69) is 22.1 Å². The van der Waals surface area contributed by atoms with Crippen LogP contribution in [-0.2, 0) is 0 Å². The maximum Gasteiger partial charge on any atom is 0.270 e. The van der Waals surface area contributed by atoms with Crippen molar-refractivity contribution in [2.75, 3.05) is 13.7 Å². The van der Waals surface area contributed by atoms with E-state index in [4.69, 9.17) is 4.74 Å². The molecule has 0 bridgehead atoms. The number of hydrogen-bond donors (Lipinski definition) is 1. The smallest absolute Gasteiger partial charge is 0.270 e. The first-order valence-electron chi connectivity index (χ1n) is 7.54. The lowest BCUT2D eigenvalue weighted by atomic mass is 10.2. The van der Waals surface area contributed by atoms with Gasteiger partial charge in [-0.2, -0.15) is 0 Å². The van der Waals surface area contributed by atoms with Crippen LogP contribution in [0.1, 0.15) is 16.1 Å². The zero-order valence-electron chi connectivity index (χ0n) is 13.2. The highest BCUT2D eigenvalue weighted by Crippen LogP contribution is 2.15. The standard InChI is InChI=1S/C20H16N2O2/c1-24-19-11-5-3-8-16(19)9-6-14-21-20(23)18-13-12-15-7-2-4-10-17(15)22-18/h2-5,7-8,10-13H,14H2,1H3,(H,21,23). The van der Waals surface area contributed by atoms with Gasteiger partial charge in [0.2, 0.25) is 0 Å². The molecule has 1 heterocycles. The lowest BCUT2D eigenvalue weighted by molar-refractivity contribution is 0.0954. The third kappa shape index (κ3) is 3.53. The molecule has 118 valence electrons. The molecule has 2 aromatic carbocycles. The number of hydrogen-bond acceptors (Lipinski definition) is 3. The van der Waals surface area contributed by atoms with Crippen LogP contribution in [0.3, 0.4) is 0 Å². The van der Waals surface area contributed by atoms with Crippen molar-refractivity contribution in [3.05, 3.63) is 71.9 Å². The highest BCUT2D eigenvalue weighted by atomic mass is 16.5. The molecule has 4 heteroatoms. The van der Waals surface area contributed by atoms with Crippen molar-refractivity contribution in [2.24, 2.45) is 0 Å². The SMILES string of the molecule is COc1ccccc1C#CCNC(=O)c1ccc2ccccc2n1. The van der Waals surface area contributed by atoms with Crippen LogP contribution in [0.15, 0.2) is 60.7 Å². The van der Waals surface area contributed by atoms with Crippen LogP contribution in [-0.4, -0.2) is 24.5 Å². The van der Waals surface area contributed by atoms with Gasteiger partial charge in [0.15, 0.2) is 0 Å². The molecule has 0 aliphatic rings. The minimum Gasteiger partial charge on any atom is -0.495 e. The number of pyridine rings is 1. The van der Waals surface area contributed by atoms with Crippen LogP contribution in [0.4, 0.5) is 0 Å². The van der Waals surface area contributed by atoms with Crippen molar-refractivity contribution in [3.8, 4) is 17.6 Å². The summed E-state index contributed by atoms with van der Waals surface area (Å²) in [7, 11) is 1.60. The Labute approximate surface area is 140 Å². The van der Waals surface area contributed by atoms with E-state index in [1.54, 1.807) is 13.2 Å². The predicted molar refractivity (Wildman–Crippen MR) is 93.9 cm³/mol. The number of amides is 1. The Kier molecular flexibility index (Phi) is 4.73. The van der Waals surface area contributed by atoms with Gasteiger partial charge in [-0.1, -0.05) is 48.2 Å². The number of benzene rings is 2. The Hall–Kier alpha value is -3.32. The number of nitrogens with zero attached hydrogens (tertiary/aromatic N) is 1. The van der Waals surface area contributed by atoms with Crippen LogP contribution in [0.5, 0.6) is 5.75 Å². The number of carbonyl (C=O) groups excluding carboxylic acids is 1. The van der Waals surface area contributed by atoms with Gasteiger partial charge in [-0.05, 0) is 24.3 Å². The average Bonchev–Trinajstić information content (AvgIpc) is 2.65. The second-order valence-corrected chi connectivity index (χ2v) is 5.07. The molecule has 0 fully saturated rings. The van der Waals surface area contributed by atoms with Crippen LogP contribution in [0.2, 0.25) is 0 Å². The quantitative estimate of drug-likeness (QED) is 0.756. The van der Waals surface area contributed by atoms with Crippen LogP contribution >= 0.6 is 0 Å². The number of nitrogens with one attached hydrogen (secondary N) is 1. The minimum absolute atomic E-state index is 0.241. The Morgan fingerprint density at radius 3 is 2.75 bits per heavy atom. The van der Waals surface area contributed by atoms with Gasteiger partial charge < -0.3 is 10.1 Å². The first-order valence-corrected chi connectivity index (χ1v) is 7.54. The zero-order chi connectivity index (χ0) is 16.8. The molecule has 1 N–H and O–H groups in total. The topological polar surface area (TPSA) is 51.2 Å². The van der Waals surface area contributed by atoms with Gasteiger partial charge in [-0.15, -0.1) is 0 Å². The molecule has 0 aliphatic carbocycles. The fraction of sp³-hybridized carbons (Fsp3) is 0.100. The highest BCUT2D eigenvalue weighted by molar-refractivity contribution is 5.94. The first kappa shape index (κ1) is 15.6. The average molecular weight is 316 g/mol. The number of fused-ring (bicyclic) bond motifs is 1. The molecular weight excluding hydrogens is 300 g/mol. The zero-order valence-corrected chi connectivity index (χ0v) is 13.2. The Morgan fingerprint density at radius 1 is 1.08 bits per heavy atom. The molecule has 0 unspecified atom stereocenters. The largest absolute Gasteiger partial charge is 0.495 e. The van der Waals surface area contributed by atoms with E-state index in [0.717, 1.165) is 16.5 Å². The van der Waals surface area contributed by atoms with E-state index < -0.39 is 0 Å². The summed E-state index contributed by atoms with van der Waals surface area (Å²) in [6, 6.07) is 18.8. The number of aromatic nitrogens is 1. The molecule has 3 aromatic rings. The molecule has 0 spiro atoms. The maximum absolute atomic E-state index is 12.2. The van der Waals surface area contributed by atoms with Gasteiger partial charge in [-0.3, -0.25) is 4.79 Å².